The van der Waals surface area contributed by atoms with Crippen LogP contribution in [0, 0.1) is 0 Å². The molecular formula is C23H27NO2S. The van der Waals surface area contributed by atoms with Gasteiger partial charge in [-0.05, 0) is 66.0 Å². The fourth-order valence-electron chi connectivity index (χ4n) is 2.86. The first-order valence-electron chi connectivity index (χ1n) is 9.41. The zero-order valence-corrected chi connectivity index (χ0v) is 17.1. The summed E-state index contributed by atoms with van der Waals surface area (Å²) in [4.78, 5) is 15.5. The van der Waals surface area contributed by atoms with Crippen LogP contribution in [0.15, 0.2) is 64.3 Å². The first-order valence-corrected chi connectivity index (χ1v) is 10.4. The second-order valence-electron chi connectivity index (χ2n) is 7.75. The maximum absolute atomic E-state index is 11.3. The van der Waals surface area contributed by atoms with Gasteiger partial charge in [0.1, 0.15) is 5.75 Å². The number of hydrogen-bond acceptors (Lipinski definition) is 3. The van der Waals surface area contributed by atoms with Crippen molar-refractivity contribution in [1.29, 1.82) is 0 Å². The molecule has 1 heterocycles. The molecule has 1 aromatic heterocycles. The van der Waals surface area contributed by atoms with Crippen molar-refractivity contribution in [1.82, 2.24) is 4.98 Å². The smallest absolute Gasteiger partial charge is 0.248 e. The lowest BCUT2D eigenvalue weighted by Crippen LogP contribution is -2.10. The Hall–Kier alpha value is -2.20. The molecule has 0 radical (unpaired) electrons. The van der Waals surface area contributed by atoms with E-state index in [0.717, 1.165) is 35.2 Å². The summed E-state index contributed by atoms with van der Waals surface area (Å²) in [6.45, 7) is 7.43. The predicted molar refractivity (Wildman–Crippen MR) is 115 cm³/mol. The largest absolute Gasteiger partial charge is 0.494 e. The summed E-state index contributed by atoms with van der Waals surface area (Å²) in [7, 11) is 0. The number of benzene rings is 2. The Morgan fingerprint density at radius 2 is 1.74 bits per heavy atom. The van der Waals surface area contributed by atoms with Gasteiger partial charge in [0, 0.05) is 21.9 Å². The van der Waals surface area contributed by atoms with Crippen molar-refractivity contribution in [2.45, 2.75) is 43.9 Å². The summed E-state index contributed by atoms with van der Waals surface area (Å²) >= 11 is 1.90. The van der Waals surface area contributed by atoms with Gasteiger partial charge in [0.25, 0.3) is 0 Å². The molecule has 0 atom stereocenters. The number of H-pyrrole nitrogens is 1. The van der Waals surface area contributed by atoms with Gasteiger partial charge in [0.2, 0.25) is 5.56 Å². The van der Waals surface area contributed by atoms with Crippen molar-refractivity contribution in [3.63, 3.8) is 0 Å². The van der Waals surface area contributed by atoms with E-state index in [1.54, 1.807) is 0 Å². The van der Waals surface area contributed by atoms with E-state index in [1.807, 2.05) is 36.0 Å². The molecule has 142 valence electrons. The zero-order valence-electron chi connectivity index (χ0n) is 16.2. The molecule has 1 N–H and O–H groups in total. The van der Waals surface area contributed by atoms with Gasteiger partial charge in [-0.15, -0.1) is 11.8 Å². The summed E-state index contributed by atoms with van der Waals surface area (Å²) in [5.74, 6) is 1.94. The molecule has 0 aliphatic rings. The quantitative estimate of drug-likeness (QED) is 0.417. The number of fused-ring (bicyclic) bond motifs is 1. The standard InChI is InChI=1S/C23H27NO2S/c1-23(2,3)18-7-10-20(11-8-18)27-15-5-4-14-26-19-9-12-21-17(16-19)6-13-22(25)24-21/h6-13,16H,4-5,14-15H2,1-3H3,(H,24,25). The van der Waals surface area contributed by atoms with Crippen LogP contribution < -0.4 is 10.3 Å². The third-order valence-corrected chi connectivity index (χ3v) is 5.59. The number of nitrogens with one attached hydrogen (secondary N) is 1. The van der Waals surface area contributed by atoms with Crippen LogP contribution in [0.2, 0.25) is 0 Å². The van der Waals surface area contributed by atoms with Gasteiger partial charge in [-0.25, -0.2) is 0 Å². The lowest BCUT2D eigenvalue weighted by Gasteiger charge is -2.19. The second-order valence-corrected chi connectivity index (χ2v) is 8.92. The number of hydrogen-bond donors (Lipinski definition) is 1. The first kappa shape index (κ1) is 19.6. The molecule has 0 saturated carbocycles. The van der Waals surface area contributed by atoms with Gasteiger partial charge in [-0.1, -0.05) is 32.9 Å². The number of pyridine rings is 1. The van der Waals surface area contributed by atoms with Crippen molar-refractivity contribution in [3.8, 4) is 5.75 Å². The highest BCUT2D eigenvalue weighted by molar-refractivity contribution is 7.99. The number of aromatic amines is 1. The fourth-order valence-corrected chi connectivity index (χ4v) is 3.77. The molecule has 0 unspecified atom stereocenters. The third kappa shape index (κ3) is 5.64. The van der Waals surface area contributed by atoms with Crippen LogP contribution in [0.4, 0.5) is 0 Å². The maximum Gasteiger partial charge on any atom is 0.248 e. The lowest BCUT2D eigenvalue weighted by molar-refractivity contribution is 0.310. The van der Waals surface area contributed by atoms with Crippen LogP contribution in [-0.2, 0) is 5.41 Å². The molecule has 4 heteroatoms. The number of ether oxygens (including phenoxy) is 1. The van der Waals surface area contributed by atoms with Crippen LogP contribution in [-0.4, -0.2) is 17.3 Å². The van der Waals surface area contributed by atoms with Gasteiger partial charge in [-0.2, -0.15) is 0 Å². The monoisotopic (exact) mass is 381 g/mol. The van der Waals surface area contributed by atoms with Crippen LogP contribution in [0.3, 0.4) is 0 Å². The van der Waals surface area contributed by atoms with E-state index in [-0.39, 0.29) is 11.0 Å². The van der Waals surface area contributed by atoms with Gasteiger partial charge in [0.05, 0.1) is 6.61 Å². The van der Waals surface area contributed by atoms with Gasteiger partial charge >= 0.3 is 0 Å². The van der Waals surface area contributed by atoms with E-state index < -0.39 is 0 Å². The molecule has 0 amide bonds. The molecular weight excluding hydrogens is 354 g/mol. The lowest BCUT2D eigenvalue weighted by atomic mass is 9.87. The Morgan fingerprint density at radius 1 is 0.963 bits per heavy atom. The van der Waals surface area contributed by atoms with Gasteiger partial charge in [0.15, 0.2) is 0 Å². The number of rotatable bonds is 7. The Labute approximate surface area is 165 Å². The zero-order chi connectivity index (χ0) is 19.3. The first-order chi connectivity index (χ1) is 12.9. The normalized spacial score (nSPS) is 11.7. The molecule has 27 heavy (non-hydrogen) atoms. The molecule has 0 spiro atoms. The van der Waals surface area contributed by atoms with E-state index >= 15 is 0 Å². The molecule has 0 fully saturated rings. The summed E-state index contributed by atoms with van der Waals surface area (Å²) in [6, 6.07) is 18.0. The molecule has 3 nitrogen and oxygen atoms in total. The summed E-state index contributed by atoms with van der Waals surface area (Å²) in [6.07, 6.45) is 2.14. The third-order valence-electron chi connectivity index (χ3n) is 4.49. The fraction of sp³-hybridized carbons (Fsp3) is 0.348. The Bertz CT molecular complexity index is 939. The van der Waals surface area contributed by atoms with E-state index in [0.29, 0.717) is 6.61 Å². The van der Waals surface area contributed by atoms with Crippen molar-refractivity contribution in [2.24, 2.45) is 0 Å². The molecule has 3 rings (SSSR count). The Kier molecular flexibility index (Phi) is 6.27. The Balaban J connectivity index is 1.39. The highest BCUT2D eigenvalue weighted by Crippen LogP contribution is 2.26. The molecule has 0 saturated heterocycles. The molecule has 0 aliphatic heterocycles. The van der Waals surface area contributed by atoms with Crippen LogP contribution in [0.25, 0.3) is 10.9 Å². The molecule has 0 bridgehead atoms. The summed E-state index contributed by atoms with van der Waals surface area (Å²) in [5.41, 5.74) is 2.34. The average molecular weight is 382 g/mol. The number of unbranched alkanes of at least 4 members (excludes halogenated alkanes) is 1. The average Bonchev–Trinajstić information content (AvgIpc) is 2.64. The highest BCUT2D eigenvalue weighted by Gasteiger charge is 2.12. The van der Waals surface area contributed by atoms with E-state index in [4.69, 9.17) is 4.74 Å². The van der Waals surface area contributed by atoms with E-state index in [1.165, 1.54) is 16.5 Å². The number of aromatic nitrogens is 1. The van der Waals surface area contributed by atoms with Crippen molar-refractivity contribution >= 4 is 22.7 Å². The Morgan fingerprint density at radius 3 is 2.48 bits per heavy atom. The summed E-state index contributed by atoms with van der Waals surface area (Å²) < 4.78 is 5.85. The van der Waals surface area contributed by atoms with E-state index in [9.17, 15) is 4.79 Å². The van der Waals surface area contributed by atoms with E-state index in [2.05, 4.69) is 50.0 Å². The number of thioether (sulfide) groups is 1. The minimum atomic E-state index is -0.0817. The van der Waals surface area contributed by atoms with Crippen molar-refractivity contribution < 1.29 is 4.74 Å². The van der Waals surface area contributed by atoms with Gasteiger partial charge in [-0.3, -0.25) is 4.79 Å². The van der Waals surface area contributed by atoms with Crippen LogP contribution in [0.5, 0.6) is 5.75 Å². The maximum atomic E-state index is 11.3. The molecule has 0 aliphatic carbocycles. The van der Waals surface area contributed by atoms with Crippen LogP contribution in [0.1, 0.15) is 39.2 Å². The minimum absolute atomic E-state index is 0.0817. The second kappa shape index (κ2) is 8.66. The minimum Gasteiger partial charge on any atom is -0.494 e. The van der Waals surface area contributed by atoms with Crippen molar-refractivity contribution in [2.75, 3.05) is 12.4 Å². The topological polar surface area (TPSA) is 42.1 Å². The van der Waals surface area contributed by atoms with Crippen molar-refractivity contribution in [3.05, 3.63) is 70.5 Å². The molecule has 2 aromatic carbocycles. The van der Waals surface area contributed by atoms with Gasteiger partial charge < -0.3 is 9.72 Å². The predicted octanol–water partition coefficient (Wildman–Crippen LogP) is 5.78. The van der Waals surface area contributed by atoms with Crippen LogP contribution >= 0.6 is 11.8 Å². The summed E-state index contributed by atoms with van der Waals surface area (Å²) in [5, 5.41) is 0.987. The highest BCUT2D eigenvalue weighted by atomic mass is 32.2. The molecule has 3 aromatic rings. The SMILES string of the molecule is CC(C)(C)c1ccc(SCCCCOc2ccc3[nH]c(=O)ccc3c2)cc1.